The molecule has 2 N–H and O–H groups in total. The minimum Gasteiger partial charge on any atom is -0.329 e. The molecular formula is C11H22N2S. The summed E-state index contributed by atoms with van der Waals surface area (Å²) in [7, 11) is 2.28. The van der Waals surface area contributed by atoms with E-state index in [4.69, 9.17) is 5.73 Å². The lowest BCUT2D eigenvalue weighted by Gasteiger charge is -2.48. The molecular weight excluding hydrogens is 192 g/mol. The first-order chi connectivity index (χ1) is 6.70. The topological polar surface area (TPSA) is 29.3 Å². The van der Waals surface area contributed by atoms with Crippen molar-refractivity contribution in [1.29, 1.82) is 0 Å². The monoisotopic (exact) mass is 214 g/mol. The van der Waals surface area contributed by atoms with Crippen molar-refractivity contribution < 1.29 is 0 Å². The third-order valence-corrected chi connectivity index (χ3v) is 5.49. The third-order valence-electron chi connectivity index (χ3n) is 4.03. The molecule has 0 aromatic heterocycles. The molecule has 2 fully saturated rings. The highest BCUT2D eigenvalue weighted by molar-refractivity contribution is 8.00. The summed E-state index contributed by atoms with van der Waals surface area (Å²) in [6, 6.07) is 0.833. The number of likely N-dealkylation sites (N-methyl/N-ethyl adjacent to an activating group) is 1. The van der Waals surface area contributed by atoms with Crippen LogP contribution in [0.25, 0.3) is 0 Å². The normalized spacial score (nSPS) is 39.0. The number of nitrogens with two attached hydrogens (primary N) is 1. The van der Waals surface area contributed by atoms with Gasteiger partial charge in [0.1, 0.15) is 0 Å². The van der Waals surface area contributed by atoms with Crippen LogP contribution in [0.3, 0.4) is 0 Å². The average Bonchev–Trinajstić information content (AvgIpc) is 3.01. The summed E-state index contributed by atoms with van der Waals surface area (Å²) in [5, 5.41) is 0.701. The van der Waals surface area contributed by atoms with Crippen LogP contribution < -0.4 is 5.73 Å². The van der Waals surface area contributed by atoms with Gasteiger partial charge in [-0.3, -0.25) is 4.90 Å². The largest absolute Gasteiger partial charge is 0.329 e. The van der Waals surface area contributed by atoms with E-state index in [-0.39, 0.29) is 0 Å². The van der Waals surface area contributed by atoms with E-state index < -0.39 is 0 Å². The number of hydrogen-bond acceptors (Lipinski definition) is 3. The Morgan fingerprint density at radius 1 is 1.50 bits per heavy atom. The number of rotatable bonds is 3. The molecule has 0 aromatic rings. The summed E-state index contributed by atoms with van der Waals surface area (Å²) in [6.07, 6.45) is 5.40. The fourth-order valence-electron chi connectivity index (χ4n) is 2.70. The molecule has 0 aromatic carbocycles. The van der Waals surface area contributed by atoms with Crippen molar-refractivity contribution in [3.05, 3.63) is 0 Å². The molecule has 0 spiro atoms. The standard InChI is InChI=1S/C11H22N2S/c1-9-11(8-12,6-3-7-14-9)13(2)10-4-5-10/h9-10H,3-8,12H2,1-2H3. The second-order valence-corrected chi connectivity index (χ2v) is 6.22. The van der Waals surface area contributed by atoms with E-state index in [1.165, 1.54) is 31.4 Å². The van der Waals surface area contributed by atoms with Crippen LogP contribution in [-0.4, -0.2) is 41.1 Å². The van der Waals surface area contributed by atoms with Gasteiger partial charge < -0.3 is 5.73 Å². The van der Waals surface area contributed by atoms with Crippen LogP contribution in [0.2, 0.25) is 0 Å². The van der Waals surface area contributed by atoms with Gasteiger partial charge in [0.2, 0.25) is 0 Å². The first-order valence-electron chi connectivity index (χ1n) is 5.75. The summed E-state index contributed by atoms with van der Waals surface area (Å²) in [6.45, 7) is 3.18. The molecule has 1 heterocycles. The zero-order valence-electron chi connectivity index (χ0n) is 9.33. The maximum atomic E-state index is 6.04. The first kappa shape index (κ1) is 10.8. The van der Waals surface area contributed by atoms with Crippen molar-refractivity contribution in [2.45, 2.75) is 49.4 Å². The molecule has 0 amide bonds. The quantitative estimate of drug-likeness (QED) is 0.775. The van der Waals surface area contributed by atoms with Crippen LogP contribution in [-0.2, 0) is 0 Å². The van der Waals surface area contributed by atoms with Gasteiger partial charge in [-0.05, 0) is 38.5 Å². The molecule has 1 saturated heterocycles. The Labute approximate surface area is 91.6 Å². The predicted molar refractivity (Wildman–Crippen MR) is 63.7 cm³/mol. The molecule has 2 atom stereocenters. The van der Waals surface area contributed by atoms with Crippen molar-refractivity contribution in [3.63, 3.8) is 0 Å². The Morgan fingerprint density at radius 3 is 2.71 bits per heavy atom. The van der Waals surface area contributed by atoms with Crippen LogP contribution in [0.4, 0.5) is 0 Å². The van der Waals surface area contributed by atoms with Crippen LogP contribution in [0, 0.1) is 0 Å². The summed E-state index contributed by atoms with van der Waals surface area (Å²) in [5.74, 6) is 1.32. The minimum atomic E-state index is 0.296. The lowest BCUT2D eigenvalue weighted by molar-refractivity contribution is 0.103. The maximum absolute atomic E-state index is 6.04. The molecule has 2 nitrogen and oxygen atoms in total. The Balaban J connectivity index is 2.12. The zero-order valence-corrected chi connectivity index (χ0v) is 10.1. The second kappa shape index (κ2) is 4.03. The number of nitrogens with zero attached hydrogens (tertiary/aromatic N) is 1. The summed E-state index contributed by atoms with van der Waals surface area (Å²) < 4.78 is 0. The molecule has 14 heavy (non-hydrogen) atoms. The van der Waals surface area contributed by atoms with Gasteiger partial charge in [-0.2, -0.15) is 11.8 Å². The Morgan fingerprint density at radius 2 is 2.21 bits per heavy atom. The van der Waals surface area contributed by atoms with Crippen LogP contribution >= 0.6 is 11.8 Å². The number of thioether (sulfide) groups is 1. The van der Waals surface area contributed by atoms with E-state index in [1.807, 2.05) is 0 Å². The van der Waals surface area contributed by atoms with Gasteiger partial charge in [0.25, 0.3) is 0 Å². The smallest absolute Gasteiger partial charge is 0.0447 e. The van der Waals surface area contributed by atoms with Crippen LogP contribution in [0.5, 0.6) is 0 Å². The van der Waals surface area contributed by atoms with E-state index >= 15 is 0 Å². The van der Waals surface area contributed by atoms with Crippen molar-refractivity contribution >= 4 is 11.8 Å². The lowest BCUT2D eigenvalue weighted by Crippen LogP contribution is -2.60. The van der Waals surface area contributed by atoms with Crippen molar-refractivity contribution in [3.8, 4) is 0 Å². The van der Waals surface area contributed by atoms with E-state index in [0.29, 0.717) is 10.8 Å². The Kier molecular flexibility index (Phi) is 3.10. The predicted octanol–water partition coefficient (Wildman–Crippen LogP) is 1.69. The molecule has 82 valence electrons. The van der Waals surface area contributed by atoms with Crippen molar-refractivity contribution in [2.75, 3.05) is 19.3 Å². The zero-order chi connectivity index (χ0) is 10.2. The third kappa shape index (κ3) is 1.70. The van der Waals surface area contributed by atoms with Gasteiger partial charge in [0.05, 0.1) is 0 Å². The molecule has 0 bridgehead atoms. The highest BCUT2D eigenvalue weighted by atomic mass is 32.2. The molecule has 1 aliphatic heterocycles. The first-order valence-corrected chi connectivity index (χ1v) is 6.80. The summed E-state index contributed by atoms with van der Waals surface area (Å²) in [5.41, 5.74) is 6.34. The SMILES string of the molecule is CC1SCCCC1(CN)N(C)C1CC1. The van der Waals surface area contributed by atoms with E-state index in [1.54, 1.807) is 0 Å². The second-order valence-electron chi connectivity index (χ2n) is 4.77. The molecule has 3 heteroatoms. The van der Waals surface area contributed by atoms with Crippen molar-refractivity contribution in [2.24, 2.45) is 5.73 Å². The van der Waals surface area contributed by atoms with Gasteiger partial charge in [0, 0.05) is 23.4 Å². The fraction of sp³-hybridized carbons (Fsp3) is 1.00. The van der Waals surface area contributed by atoms with Crippen molar-refractivity contribution in [1.82, 2.24) is 4.90 Å². The molecule has 2 aliphatic rings. The molecule has 1 aliphatic carbocycles. The maximum Gasteiger partial charge on any atom is 0.0447 e. The van der Waals surface area contributed by atoms with Gasteiger partial charge in [-0.15, -0.1) is 0 Å². The number of hydrogen-bond donors (Lipinski definition) is 1. The minimum absolute atomic E-state index is 0.296. The van der Waals surface area contributed by atoms with Gasteiger partial charge in [-0.25, -0.2) is 0 Å². The highest BCUT2D eigenvalue weighted by Crippen LogP contribution is 2.42. The fourth-order valence-corrected chi connectivity index (χ4v) is 4.05. The van der Waals surface area contributed by atoms with E-state index in [0.717, 1.165) is 12.6 Å². The van der Waals surface area contributed by atoms with Gasteiger partial charge in [-0.1, -0.05) is 6.92 Å². The average molecular weight is 214 g/mol. The van der Waals surface area contributed by atoms with E-state index in [2.05, 4.69) is 30.6 Å². The lowest BCUT2D eigenvalue weighted by atomic mass is 9.87. The Bertz CT molecular complexity index is 205. The van der Waals surface area contributed by atoms with Gasteiger partial charge in [0.15, 0.2) is 0 Å². The Hall–Kier alpha value is 0.270. The molecule has 1 saturated carbocycles. The van der Waals surface area contributed by atoms with Gasteiger partial charge >= 0.3 is 0 Å². The summed E-state index contributed by atoms with van der Waals surface area (Å²) >= 11 is 2.10. The highest BCUT2D eigenvalue weighted by Gasteiger charge is 2.45. The molecule has 2 rings (SSSR count). The van der Waals surface area contributed by atoms with Crippen LogP contribution in [0.1, 0.15) is 32.6 Å². The van der Waals surface area contributed by atoms with E-state index in [9.17, 15) is 0 Å². The summed E-state index contributed by atoms with van der Waals surface area (Å²) in [4.78, 5) is 2.59. The molecule has 2 unspecified atom stereocenters. The van der Waals surface area contributed by atoms with Crippen LogP contribution in [0.15, 0.2) is 0 Å². The molecule has 0 radical (unpaired) electrons.